The minimum Gasteiger partial charge on any atom is -0.478 e. The first-order chi connectivity index (χ1) is 9.65. The number of nitrogens with zero attached hydrogens (tertiary/aromatic N) is 1. The molecule has 0 fully saturated rings. The van der Waals surface area contributed by atoms with Gasteiger partial charge in [-0.3, -0.25) is 0 Å². The van der Waals surface area contributed by atoms with Crippen molar-refractivity contribution in [1.29, 1.82) is 0 Å². The van der Waals surface area contributed by atoms with Crippen LogP contribution >= 0.6 is 23.4 Å². The summed E-state index contributed by atoms with van der Waals surface area (Å²) in [5.41, 5.74) is 1.82. The third-order valence-corrected chi connectivity index (χ3v) is 3.84. The Labute approximate surface area is 126 Å². The van der Waals surface area contributed by atoms with E-state index < -0.39 is 5.97 Å². The molecule has 0 amide bonds. The monoisotopic (exact) mass is 305 g/mol. The lowest BCUT2D eigenvalue weighted by Crippen LogP contribution is -1.88. The fraction of sp³-hybridized carbons (Fsp3) is 0.0667. The zero-order valence-corrected chi connectivity index (χ0v) is 12.1. The highest BCUT2D eigenvalue weighted by atomic mass is 35.5. The van der Waals surface area contributed by atoms with Crippen molar-refractivity contribution in [2.75, 3.05) is 0 Å². The molecule has 0 spiro atoms. The van der Waals surface area contributed by atoms with Gasteiger partial charge in [0.1, 0.15) is 5.15 Å². The number of carboxylic acid groups (broad SMARTS) is 1. The molecule has 0 aliphatic rings. The molecule has 0 unspecified atom stereocenters. The van der Waals surface area contributed by atoms with Gasteiger partial charge in [0, 0.05) is 28.5 Å². The van der Waals surface area contributed by atoms with E-state index in [1.54, 1.807) is 18.0 Å². The summed E-state index contributed by atoms with van der Waals surface area (Å²) < 4.78 is 0. The molecule has 102 valence electrons. The Morgan fingerprint density at radius 3 is 2.80 bits per heavy atom. The summed E-state index contributed by atoms with van der Waals surface area (Å²) in [5, 5.41) is 8.93. The predicted molar refractivity (Wildman–Crippen MR) is 81.9 cm³/mol. The quantitative estimate of drug-likeness (QED) is 0.513. The SMILES string of the molecule is O=C(O)/C=C/c1cc(SCc2ccccc2)cnc1Cl. The number of aromatic nitrogens is 1. The maximum atomic E-state index is 10.5. The number of aliphatic carboxylic acids is 1. The highest BCUT2D eigenvalue weighted by molar-refractivity contribution is 7.98. The van der Waals surface area contributed by atoms with Gasteiger partial charge in [-0.25, -0.2) is 9.78 Å². The molecule has 1 aromatic heterocycles. The largest absolute Gasteiger partial charge is 0.478 e. The second-order valence-electron chi connectivity index (χ2n) is 4.00. The molecule has 1 heterocycles. The van der Waals surface area contributed by atoms with E-state index in [-0.39, 0.29) is 0 Å². The lowest BCUT2D eigenvalue weighted by Gasteiger charge is -2.04. The van der Waals surface area contributed by atoms with Crippen LogP contribution in [-0.4, -0.2) is 16.1 Å². The van der Waals surface area contributed by atoms with Crippen LogP contribution < -0.4 is 0 Å². The highest BCUT2D eigenvalue weighted by Gasteiger charge is 2.03. The van der Waals surface area contributed by atoms with E-state index in [1.807, 2.05) is 24.3 Å². The van der Waals surface area contributed by atoms with Gasteiger partial charge in [0.05, 0.1) is 0 Å². The standard InChI is InChI=1S/C15H12ClNO2S/c16-15-12(6-7-14(18)19)8-13(9-17-15)20-10-11-4-2-1-3-5-11/h1-9H,10H2,(H,18,19)/b7-6+. The van der Waals surface area contributed by atoms with Crippen LogP contribution in [0.3, 0.4) is 0 Å². The number of thioether (sulfide) groups is 1. The summed E-state index contributed by atoms with van der Waals surface area (Å²) in [6.45, 7) is 0. The third kappa shape index (κ3) is 4.40. The molecular formula is C15H12ClNO2S. The molecule has 0 aliphatic heterocycles. The first-order valence-electron chi connectivity index (χ1n) is 5.88. The van der Waals surface area contributed by atoms with E-state index in [1.165, 1.54) is 11.6 Å². The number of carboxylic acids is 1. The van der Waals surface area contributed by atoms with Crippen LogP contribution in [-0.2, 0) is 10.5 Å². The molecule has 5 heteroatoms. The molecule has 0 saturated carbocycles. The fourth-order valence-electron chi connectivity index (χ4n) is 1.54. The number of carbonyl (C=O) groups is 1. The van der Waals surface area contributed by atoms with Gasteiger partial charge in [-0.2, -0.15) is 0 Å². The average Bonchev–Trinajstić information content (AvgIpc) is 2.46. The van der Waals surface area contributed by atoms with Gasteiger partial charge in [-0.15, -0.1) is 11.8 Å². The van der Waals surface area contributed by atoms with Crippen molar-refractivity contribution in [3.05, 3.63) is 65.0 Å². The fourth-order valence-corrected chi connectivity index (χ4v) is 2.57. The molecule has 0 radical (unpaired) electrons. The summed E-state index contributed by atoms with van der Waals surface area (Å²) in [7, 11) is 0. The van der Waals surface area contributed by atoms with E-state index in [0.29, 0.717) is 10.7 Å². The van der Waals surface area contributed by atoms with Crippen molar-refractivity contribution in [3.8, 4) is 0 Å². The van der Waals surface area contributed by atoms with E-state index >= 15 is 0 Å². The van der Waals surface area contributed by atoms with Crippen LogP contribution in [0.25, 0.3) is 6.08 Å². The second kappa shape index (κ2) is 7.12. The molecular weight excluding hydrogens is 294 g/mol. The zero-order chi connectivity index (χ0) is 14.4. The number of hydrogen-bond donors (Lipinski definition) is 1. The highest BCUT2D eigenvalue weighted by Crippen LogP contribution is 2.26. The zero-order valence-electron chi connectivity index (χ0n) is 10.5. The number of hydrogen-bond acceptors (Lipinski definition) is 3. The first-order valence-corrected chi connectivity index (χ1v) is 7.25. The molecule has 20 heavy (non-hydrogen) atoms. The molecule has 2 rings (SSSR count). The average molecular weight is 306 g/mol. The van der Waals surface area contributed by atoms with E-state index in [4.69, 9.17) is 16.7 Å². The lowest BCUT2D eigenvalue weighted by atomic mass is 10.2. The summed E-state index contributed by atoms with van der Waals surface area (Å²) in [6.07, 6.45) is 4.19. The summed E-state index contributed by atoms with van der Waals surface area (Å²) in [5.74, 6) is -0.185. The van der Waals surface area contributed by atoms with Gasteiger partial charge in [0.25, 0.3) is 0 Å². The van der Waals surface area contributed by atoms with Gasteiger partial charge in [-0.05, 0) is 17.7 Å². The van der Waals surface area contributed by atoms with Crippen LogP contribution in [0.1, 0.15) is 11.1 Å². The Kier molecular flexibility index (Phi) is 5.21. The molecule has 2 aromatic rings. The molecule has 1 aromatic carbocycles. The van der Waals surface area contributed by atoms with E-state index in [2.05, 4.69) is 17.1 Å². The minimum atomic E-state index is -1.01. The van der Waals surface area contributed by atoms with Gasteiger partial charge >= 0.3 is 5.97 Å². The van der Waals surface area contributed by atoms with Crippen molar-refractivity contribution in [1.82, 2.24) is 4.98 Å². The summed E-state index contributed by atoms with van der Waals surface area (Å²) >= 11 is 7.56. The Hall–Kier alpha value is -1.78. The smallest absolute Gasteiger partial charge is 0.328 e. The van der Waals surface area contributed by atoms with Gasteiger partial charge < -0.3 is 5.11 Å². The molecule has 0 bridgehead atoms. The predicted octanol–water partition coefficient (Wildman–Crippen LogP) is 4.13. The minimum absolute atomic E-state index is 0.298. The molecule has 3 nitrogen and oxygen atoms in total. The summed E-state index contributed by atoms with van der Waals surface area (Å²) in [6, 6.07) is 11.9. The molecule has 0 atom stereocenters. The van der Waals surface area contributed by atoms with Crippen molar-refractivity contribution in [3.63, 3.8) is 0 Å². The van der Waals surface area contributed by atoms with Crippen molar-refractivity contribution >= 4 is 35.4 Å². The van der Waals surface area contributed by atoms with Gasteiger partial charge in [-0.1, -0.05) is 41.9 Å². The van der Waals surface area contributed by atoms with Crippen LogP contribution in [0.5, 0.6) is 0 Å². The van der Waals surface area contributed by atoms with Crippen LogP contribution in [0.4, 0.5) is 0 Å². The van der Waals surface area contributed by atoms with Gasteiger partial charge in [0.15, 0.2) is 0 Å². The Bertz CT molecular complexity index is 629. The van der Waals surface area contributed by atoms with Crippen molar-refractivity contribution in [2.45, 2.75) is 10.6 Å². The number of benzene rings is 1. The third-order valence-electron chi connectivity index (χ3n) is 2.49. The summed E-state index contributed by atoms with van der Waals surface area (Å²) in [4.78, 5) is 15.5. The van der Waals surface area contributed by atoms with Crippen molar-refractivity contribution in [2.24, 2.45) is 0 Å². The Balaban J connectivity index is 2.09. The number of pyridine rings is 1. The maximum Gasteiger partial charge on any atom is 0.328 e. The second-order valence-corrected chi connectivity index (χ2v) is 5.40. The molecule has 0 saturated heterocycles. The van der Waals surface area contributed by atoms with E-state index in [9.17, 15) is 4.79 Å². The van der Waals surface area contributed by atoms with Crippen LogP contribution in [0.15, 0.2) is 53.6 Å². The van der Waals surface area contributed by atoms with Crippen LogP contribution in [0, 0.1) is 0 Å². The normalized spacial score (nSPS) is 10.8. The van der Waals surface area contributed by atoms with E-state index in [0.717, 1.165) is 16.7 Å². The molecule has 1 N–H and O–H groups in total. The molecule has 0 aliphatic carbocycles. The van der Waals surface area contributed by atoms with Gasteiger partial charge in [0.2, 0.25) is 0 Å². The first kappa shape index (κ1) is 14.6. The topological polar surface area (TPSA) is 50.2 Å². The lowest BCUT2D eigenvalue weighted by molar-refractivity contribution is -0.131. The van der Waals surface area contributed by atoms with Crippen molar-refractivity contribution < 1.29 is 9.90 Å². The number of halogens is 1. The Morgan fingerprint density at radius 2 is 2.10 bits per heavy atom. The maximum absolute atomic E-state index is 10.5. The Morgan fingerprint density at radius 1 is 1.35 bits per heavy atom. The van der Waals surface area contributed by atoms with Crippen LogP contribution in [0.2, 0.25) is 5.15 Å². The number of rotatable bonds is 5.